The number of carbonyl (C=O) groups is 2. The maximum Gasteiger partial charge on any atom is 0.408 e. The Morgan fingerprint density at radius 2 is 2.06 bits per heavy atom. The molecule has 18 heavy (non-hydrogen) atoms. The number of alkyl carbamates (subject to hydrolysis) is 1. The highest BCUT2D eigenvalue weighted by molar-refractivity contribution is 5.86. The first kappa shape index (κ1) is 13.2. The number of ether oxygens (including phenoxy) is 1. The molecule has 2 bridgehead atoms. The van der Waals surface area contributed by atoms with Crippen molar-refractivity contribution in [2.75, 3.05) is 0 Å². The molecule has 3 atom stereocenters. The fourth-order valence-electron chi connectivity index (χ4n) is 2.74. The largest absolute Gasteiger partial charge is 0.444 e. The molecule has 0 spiro atoms. The van der Waals surface area contributed by atoms with Gasteiger partial charge in [-0.15, -0.1) is 0 Å². The molecule has 5 heteroatoms. The van der Waals surface area contributed by atoms with Gasteiger partial charge >= 0.3 is 6.09 Å². The summed E-state index contributed by atoms with van der Waals surface area (Å²) < 4.78 is 5.18. The van der Waals surface area contributed by atoms with Gasteiger partial charge in [0.25, 0.3) is 0 Å². The minimum atomic E-state index is -0.537. The highest BCUT2D eigenvalue weighted by Gasteiger charge is 2.36. The molecule has 0 aromatic carbocycles. The maximum atomic E-state index is 11.9. The van der Waals surface area contributed by atoms with E-state index >= 15 is 0 Å². The van der Waals surface area contributed by atoms with E-state index in [-0.39, 0.29) is 5.91 Å². The van der Waals surface area contributed by atoms with Gasteiger partial charge in [0, 0.05) is 6.04 Å². The predicted molar refractivity (Wildman–Crippen MR) is 67.0 cm³/mol. The summed E-state index contributed by atoms with van der Waals surface area (Å²) in [5.74, 6) is 0.460. The third-order valence-electron chi connectivity index (χ3n) is 3.46. The Bertz CT molecular complexity index is 349. The highest BCUT2D eigenvalue weighted by Crippen LogP contribution is 2.31. The topological polar surface area (TPSA) is 67.4 Å². The van der Waals surface area contributed by atoms with E-state index in [9.17, 15) is 9.59 Å². The van der Waals surface area contributed by atoms with Gasteiger partial charge in [-0.05, 0) is 52.4 Å². The molecule has 2 aliphatic rings. The fraction of sp³-hybridized carbons (Fsp3) is 0.846. The summed E-state index contributed by atoms with van der Waals surface area (Å²) in [7, 11) is 0. The maximum absolute atomic E-state index is 11.9. The number of fused-ring (bicyclic) bond motifs is 2. The summed E-state index contributed by atoms with van der Waals surface area (Å²) in [6.45, 7) is 5.42. The Labute approximate surface area is 108 Å². The number of rotatable bonds is 1. The van der Waals surface area contributed by atoms with Gasteiger partial charge in [-0.2, -0.15) is 0 Å². The molecule has 0 aromatic heterocycles. The van der Waals surface area contributed by atoms with E-state index in [1.54, 1.807) is 0 Å². The molecule has 2 amide bonds. The normalized spacial score (nSPS) is 31.5. The molecular weight excluding hydrogens is 232 g/mol. The molecule has 2 fully saturated rings. The molecule has 0 unspecified atom stereocenters. The van der Waals surface area contributed by atoms with Crippen molar-refractivity contribution in [3.05, 3.63) is 0 Å². The number of hydrogen-bond acceptors (Lipinski definition) is 3. The number of carbonyl (C=O) groups excluding carboxylic acids is 2. The summed E-state index contributed by atoms with van der Waals surface area (Å²) in [6.07, 6.45) is 3.45. The Hall–Kier alpha value is -1.26. The van der Waals surface area contributed by atoms with Gasteiger partial charge in [-0.1, -0.05) is 0 Å². The van der Waals surface area contributed by atoms with Gasteiger partial charge in [-0.25, -0.2) is 4.79 Å². The van der Waals surface area contributed by atoms with Crippen LogP contribution in [0.4, 0.5) is 4.79 Å². The first-order valence-corrected chi connectivity index (χ1v) is 6.63. The molecule has 1 aliphatic carbocycles. The Balaban J connectivity index is 1.92. The summed E-state index contributed by atoms with van der Waals surface area (Å²) in [4.78, 5) is 23.6. The summed E-state index contributed by atoms with van der Waals surface area (Å²) >= 11 is 0. The first-order chi connectivity index (χ1) is 8.33. The molecule has 0 aromatic rings. The molecule has 1 heterocycles. The quantitative estimate of drug-likeness (QED) is 0.746. The number of nitrogens with one attached hydrogen (secondary N) is 2. The molecule has 5 nitrogen and oxygen atoms in total. The van der Waals surface area contributed by atoms with E-state index in [2.05, 4.69) is 10.6 Å². The van der Waals surface area contributed by atoms with Crippen LogP contribution in [0, 0.1) is 5.92 Å². The molecule has 2 N–H and O–H groups in total. The van der Waals surface area contributed by atoms with E-state index in [4.69, 9.17) is 4.74 Å². The molecule has 102 valence electrons. The van der Waals surface area contributed by atoms with Crippen LogP contribution in [-0.4, -0.2) is 29.7 Å². The van der Waals surface area contributed by atoms with Gasteiger partial charge in [-0.3, -0.25) is 4.79 Å². The van der Waals surface area contributed by atoms with Gasteiger partial charge in [0.05, 0.1) is 0 Å². The van der Waals surface area contributed by atoms with Crippen LogP contribution >= 0.6 is 0 Å². The Morgan fingerprint density at radius 1 is 1.33 bits per heavy atom. The van der Waals surface area contributed by atoms with Crippen LogP contribution in [0.25, 0.3) is 0 Å². The van der Waals surface area contributed by atoms with E-state index < -0.39 is 17.7 Å². The van der Waals surface area contributed by atoms with Crippen molar-refractivity contribution in [3.63, 3.8) is 0 Å². The fourth-order valence-corrected chi connectivity index (χ4v) is 2.74. The van der Waals surface area contributed by atoms with Crippen LogP contribution in [0.3, 0.4) is 0 Å². The second-order valence-corrected chi connectivity index (χ2v) is 6.32. The van der Waals surface area contributed by atoms with E-state index in [0.717, 1.165) is 25.7 Å². The zero-order chi connectivity index (χ0) is 13.3. The zero-order valence-corrected chi connectivity index (χ0v) is 11.3. The van der Waals surface area contributed by atoms with Crippen LogP contribution in [0.5, 0.6) is 0 Å². The zero-order valence-electron chi connectivity index (χ0n) is 11.3. The van der Waals surface area contributed by atoms with Crippen molar-refractivity contribution in [1.29, 1.82) is 0 Å². The number of hydrogen-bond donors (Lipinski definition) is 2. The van der Waals surface area contributed by atoms with Gasteiger partial charge in [0.2, 0.25) is 5.91 Å². The average Bonchev–Trinajstić information content (AvgIpc) is 2.54. The van der Waals surface area contributed by atoms with Crippen molar-refractivity contribution in [1.82, 2.24) is 10.6 Å². The van der Waals surface area contributed by atoms with Crippen LogP contribution in [0.1, 0.15) is 46.5 Å². The van der Waals surface area contributed by atoms with Crippen molar-refractivity contribution >= 4 is 12.0 Å². The summed E-state index contributed by atoms with van der Waals surface area (Å²) in [5.41, 5.74) is -0.537. The standard InChI is InChI=1S/C13H22N2O3/c1-13(2,3)18-12(17)15-10-7-8-4-5-9(6-8)14-11(10)16/h8-10H,4-7H2,1-3H3,(H,14,16)(H,15,17)/t8-,9+,10+/m0/s1. The molecular formula is C13H22N2O3. The van der Waals surface area contributed by atoms with Gasteiger partial charge in [0.1, 0.15) is 11.6 Å². The van der Waals surface area contributed by atoms with E-state index in [0.29, 0.717) is 12.0 Å². The molecule has 0 radical (unpaired) electrons. The van der Waals surface area contributed by atoms with Crippen LogP contribution in [-0.2, 0) is 9.53 Å². The first-order valence-electron chi connectivity index (χ1n) is 6.63. The van der Waals surface area contributed by atoms with Crippen molar-refractivity contribution in [3.8, 4) is 0 Å². The molecule has 1 saturated carbocycles. The number of amides is 2. The lowest BCUT2D eigenvalue weighted by Crippen LogP contribution is -2.49. The second kappa shape index (κ2) is 4.78. The minimum Gasteiger partial charge on any atom is -0.444 e. The van der Waals surface area contributed by atoms with Crippen molar-refractivity contribution in [2.45, 2.75) is 64.1 Å². The predicted octanol–water partition coefficient (Wildman–Crippen LogP) is 1.57. The smallest absolute Gasteiger partial charge is 0.408 e. The molecule has 2 rings (SSSR count). The minimum absolute atomic E-state index is 0.0759. The third kappa shape index (κ3) is 3.37. The molecule has 1 saturated heterocycles. The third-order valence-corrected chi connectivity index (χ3v) is 3.46. The second-order valence-electron chi connectivity index (χ2n) is 6.32. The Morgan fingerprint density at radius 3 is 2.72 bits per heavy atom. The summed E-state index contributed by atoms with van der Waals surface area (Å²) in [5, 5.41) is 5.66. The van der Waals surface area contributed by atoms with Crippen molar-refractivity contribution < 1.29 is 14.3 Å². The van der Waals surface area contributed by atoms with Crippen LogP contribution < -0.4 is 10.6 Å². The highest BCUT2D eigenvalue weighted by atomic mass is 16.6. The van der Waals surface area contributed by atoms with Crippen LogP contribution in [0.2, 0.25) is 0 Å². The average molecular weight is 254 g/mol. The Kier molecular flexibility index (Phi) is 3.50. The van der Waals surface area contributed by atoms with E-state index in [1.165, 1.54) is 0 Å². The van der Waals surface area contributed by atoms with Crippen LogP contribution in [0.15, 0.2) is 0 Å². The van der Waals surface area contributed by atoms with E-state index in [1.807, 2.05) is 20.8 Å². The lowest BCUT2D eigenvalue weighted by atomic mass is 9.99. The van der Waals surface area contributed by atoms with Gasteiger partial charge in [0.15, 0.2) is 0 Å². The monoisotopic (exact) mass is 254 g/mol. The SMILES string of the molecule is CC(C)(C)OC(=O)N[C@@H]1C[C@H]2CC[C@H](C2)NC1=O. The summed E-state index contributed by atoms with van der Waals surface area (Å²) in [6, 6.07) is -0.150. The van der Waals surface area contributed by atoms with Crippen molar-refractivity contribution in [2.24, 2.45) is 5.92 Å². The lowest BCUT2D eigenvalue weighted by molar-refractivity contribution is -0.123. The molecule has 1 aliphatic heterocycles. The van der Waals surface area contributed by atoms with Gasteiger partial charge < -0.3 is 15.4 Å². The lowest BCUT2D eigenvalue weighted by Gasteiger charge is -2.24.